The Balaban J connectivity index is 2.93. The second-order valence-corrected chi connectivity index (χ2v) is 6.05. The molecule has 1 rings (SSSR count). The first-order valence-electron chi connectivity index (χ1n) is 4.86. The fourth-order valence-corrected chi connectivity index (χ4v) is 3.05. The van der Waals surface area contributed by atoms with Crippen molar-refractivity contribution in [1.82, 2.24) is 4.72 Å². The van der Waals surface area contributed by atoms with Crippen LogP contribution in [-0.4, -0.2) is 37.5 Å². The van der Waals surface area contributed by atoms with Gasteiger partial charge in [0.25, 0.3) is 0 Å². The van der Waals surface area contributed by atoms with Crippen LogP contribution in [0, 0.1) is 5.82 Å². The van der Waals surface area contributed by atoms with Gasteiger partial charge in [0.1, 0.15) is 11.9 Å². The quantitative estimate of drug-likeness (QED) is 0.815. The summed E-state index contributed by atoms with van der Waals surface area (Å²) in [7, 11) is -3.95. The lowest BCUT2D eigenvalue weighted by molar-refractivity contribution is -0.138. The molecule has 0 heterocycles. The molecule has 0 radical (unpaired) electrons. The zero-order valence-electron chi connectivity index (χ0n) is 9.46. The molecule has 18 heavy (non-hydrogen) atoms. The van der Waals surface area contributed by atoms with Crippen molar-refractivity contribution in [3.63, 3.8) is 0 Å². The summed E-state index contributed by atoms with van der Waals surface area (Å²) in [4.78, 5) is 10.7. The summed E-state index contributed by atoms with van der Waals surface area (Å²) in [5, 5.41) is 8.86. The number of hydrogen-bond acceptors (Lipinski definition) is 4. The SMILES string of the molecule is CSCC(NS(=O)(=O)c1ccc(F)cc1)C(=O)O. The van der Waals surface area contributed by atoms with Gasteiger partial charge in [-0.1, -0.05) is 0 Å². The average molecular weight is 293 g/mol. The van der Waals surface area contributed by atoms with Crippen LogP contribution in [0.4, 0.5) is 4.39 Å². The van der Waals surface area contributed by atoms with Crippen molar-refractivity contribution in [2.75, 3.05) is 12.0 Å². The van der Waals surface area contributed by atoms with E-state index in [0.29, 0.717) is 0 Å². The van der Waals surface area contributed by atoms with Crippen molar-refractivity contribution < 1.29 is 22.7 Å². The Bertz CT molecular complexity index is 515. The number of rotatable bonds is 6. The Morgan fingerprint density at radius 2 is 2.00 bits per heavy atom. The van der Waals surface area contributed by atoms with Gasteiger partial charge in [-0.2, -0.15) is 16.5 Å². The number of sulfonamides is 1. The van der Waals surface area contributed by atoms with Gasteiger partial charge >= 0.3 is 5.97 Å². The summed E-state index contributed by atoms with van der Waals surface area (Å²) < 4.78 is 38.4. The lowest BCUT2D eigenvalue weighted by Gasteiger charge is -2.13. The first-order chi connectivity index (χ1) is 8.36. The summed E-state index contributed by atoms with van der Waals surface area (Å²) in [6, 6.07) is 2.94. The van der Waals surface area contributed by atoms with Crippen LogP contribution in [0.15, 0.2) is 29.2 Å². The van der Waals surface area contributed by atoms with Crippen LogP contribution in [0.1, 0.15) is 0 Å². The lowest BCUT2D eigenvalue weighted by atomic mass is 10.4. The van der Waals surface area contributed by atoms with Gasteiger partial charge in [-0.25, -0.2) is 12.8 Å². The van der Waals surface area contributed by atoms with E-state index in [1.807, 2.05) is 0 Å². The van der Waals surface area contributed by atoms with Crippen molar-refractivity contribution in [3.05, 3.63) is 30.1 Å². The van der Waals surface area contributed by atoms with Crippen LogP contribution in [0.5, 0.6) is 0 Å². The second-order valence-electron chi connectivity index (χ2n) is 3.42. The number of hydrogen-bond donors (Lipinski definition) is 2. The maximum Gasteiger partial charge on any atom is 0.322 e. The van der Waals surface area contributed by atoms with Crippen LogP contribution >= 0.6 is 11.8 Å². The predicted octanol–water partition coefficient (Wildman–Crippen LogP) is 0.920. The van der Waals surface area contributed by atoms with Crippen LogP contribution < -0.4 is 4.72 Å². The van der Waals surface area contributed by atoms with Crippen molar-refractivity contribution in [2.24, 2.45) is 0 Å². The highest BCUT2D eigenvalue weighted by Crippen LogP contribution is 2.11. The summed E-state index contributed by atoms with van der Waals surface area (Å²) in [5.74, 6) is -1.71. The van der Waals surface area contributed by atoms with Crippen molar-refractivity contribution in [1.29, 1.82) is 0 Å². The fourth-order valence-electron chi connectivity index (χ4n) is 1.19. The van der Waals surface area contributed by atoms with E-state index < -0.39 is 27.9 Å². The third kappa shape index (κ3) is 3.97. The number of nitrogens with one attached hydrogen (secondary N) is 1. The molecule has 100 valence electrons. The number of thioether (sulfide) groups is 1. The molecule has 1 aromatic rings. The Morgan fingerprint density at radius 1 is 1.44 bits per heavy atom. The molecular formula is C10H12FNO4S2. The molecule has 0 spiro atoms. The monoisotopic (exact) mass is 293 g/mol. The molecule has 1 aromatic carbocycles. The smallest absolute Gasteiger partial charge is 0.322 e. The van der Waals surface area contributed by atoms with E-state index in [2.05, 4.69) is 4.72 Å². The van der Waals surface area contributed by atoms with E-state index in [4.69, 9.17) is 5.11 Å². The van der Waals surface area contributed by atoms with Crippen LogP contribution in [0.25, 0.3) is 0 Å². The highest BCUT2D eigenvalue weighted by molar-refractivity contribution is 7.98. The number of benzene rings is 1. The third-order valence-electron chi connectivity index (χ3n) is 2.05. The Labute approximate surface area is 108 Å². The minimum Gasteiger partial charge on any atom is -0.480 e. The van der Waals surface area contributed by atoms with E-state index in [1.165, 1.54) is 11.8 Å². The van der Waals surface area contributed by atoms with E-state index in [9.17, 15) is 17.6 Å². The Hall–Kier alpha value is -1.12. The van der Waals surface area contributed by atoms with Crippen LogP contribution in [0.2, 0.25) is 0 Å². The van der Waals surface area contributed by atoms with E-state index >= 15 is 0 Å². The first kappa shape index (κ1) is 14.9. The molecule has 8 heteroatoms. The summed E-state index contributed by atoms with van der Waals surface area (Å²) in [6.07, 6.45) is 1.67. The van der Waals surface area contributed by atoms with Crippen molar-refractivity contribution >= 4 is 27.8 Å². The average Bonchev–Trinajstić information content (AvgIpc) is 2.28. The molecule has 2 N–H and O–H groups in total. The molecule has 1 atom stereocenters. The number of carboxylic acids is 1. The van der Waals surface area contributed by atoms with Crippen LogP contribution in [0.3, 0.4) is 0 Å². The van der Waals surface area contributed by atoms with Crippen LogP contribution in [-0.2, 0) is 14.8 Å². The molecular weight excluding hydrogens is 281 g/mol. The largest absolute Gasteiger partial charge is 0.480 e. The molecule has 1 unspecified atom stereocenters. The van der Waals surface area contributed by atoms with Gasteiger partial charge in [0, 0.05) is 5.75 Å². The molecule has 0 aliphatic heterocycles. The van der Waals surface area contributed by atoms with Gasteiger partial charge in [0.05, 0.1) is 4.90 Å². The molecule has 0 saturated heterocycles. The first-order valence-corrected chi connectivity index (χ1v) is 7.74. The normalized spacial score (nSPS) is 13.2. The standard InChI is InChI=1S/C10H12FNO4S2/c1-17-6-9(10(13)14)12-18(15,16)8-4-2-7(11)3-5-8/h2-5,9,12H,6H2,1H3,(H,13,14). The summed E-state index contributed by atoms with van der Waals surface area (Å²) >= 11 is 1.21. The number of carboxylic acid groups (broad SMARTS) is 1. The molecule has 5 nitrogen and oxygen atoms in total. The molecule has 0 fully saturated rings. The topological polar surface area (TPSA) is 83.5 Å². The Morgan fingerprint density at radius 3 is 2.44 bits per heavy atom. The van der Waals surface area contributed by atoms with E-state index in [1.54, 1.807) is 6.26 Å². The van der Waals surface area contributed by atoms with Gasteiger partial charge in [0.2, 0.25) is 10.0 Å². The maximum absolute atomic E-state index is 12.7. The highest BCUT2D eigenvalue weighted by Gasteiger charge is 2.24. The number of carbonyl (C=O) groups is 1. The minimum absolute atomic E-state index is 0.107. The molecule has 0 bridgehead atoms. The maximum atomic E-state index is 12.7. The molecule has 0 aromatic heterocycles. The van der Waals surface area contributed by atoms with E-state index in [0.717, 1.165) is 24.3 Å². The highest BCUT2D eigenvalue weighted by atomic mass is 32.2. The van der Waals surface area contributed by atoms with Gasteiger partial charge in [-0.05, 0) is 30.5 Å². The van der Waals surface area contributed by atoms with Gasteiger partial charge in [0.15, 0.2) is 0 Å². The fraction of sp³-hybridized carbons (Fsp3) is 0.300. The molecule has 0 amide bonds. The van der Waals surface area contributed by atoms with Crippen molar-refractivity contribution in [3.8, 4) is 0 Å². The minimum atomic E-state index is -3.95. The molecule has 0 aliphatic rings. The molecule has 0 saturated carbocycles. The second kappa shape index (κ2) is 6.17. The predicted molar refractivity (Wildman–Crippen MR) is 66.5 cm³/mol. The third-order valence-corrected chi connectivity index (χ3v) is 4.21. The number of aliphatic carboxylic acids is 1. The van der Waals surface area contributed by atoms with E-state index in [-0.39, 0.29) is 10.6 Å². The van der Waals surface area contributed by atoms with Gasteiger partial charge in [-0.15, -0.1) is 0 Å². The summed E-state index contributed by atoms with van der Waals surface area (Å²) in [6.45, 7) is 0. The molecule has 0 aliphatic carbocycles. The Kier molecular flexibility index (Phi) is 5.12. The zero-order chi connectivity index (χ0) is 13.8. The lowest BCUT2D eigenvalue weighted by Crippen LogP contribution is -2.42. The zero-order valence-corrected chi connectivity index (χ0v) is 11.1. The summed E-state index contributed by atoms with van der Waals surface area (Å²) in [5.41, 5.74) is 0. The van der Waals surface area contributed by atoms with Crippen molar-refractivity contribution in [2.45, 2.75) is 10.9 Å². The van der Waals surface area contributed by atoms with Gasteiger partial charge < -0.3 is 5.11 Å². The van der Waals surface area contributed by atoms with Gasteiger partial charge in [-0.3, -0.25) is 4.79 Å². The number of halogens is 1.